The molecule has 0 radical (unpaired) electrons. The highest BCUT2D eigenvalue weighted by molar-refractivity contribution is 7.99. The van der Waals surface area contributed by atoms with E-state index in [1.165, 1.54) is 31.1 Å². The van der Waals surface area contributed by atoms with Gasteiger partial charge in [0.1, 0.15) is 6.20 Å². The van der Waals surface area contributed by atoms with Crippen molar-refractivity contribution >= 4 is 23.4 Å². The van der Waals surface area contributed by atoms with Gasteiger partial charge in [0.2, 0.25) is 0 Å². The second kappa shape index (κ2) is 6.34. The van der Waals surface area contributed by atoms with Crippen LogP contribution in [-0.4, -0.2) is 28.7 Å². The first kappa shape index (κ1) is 14.4. The molecule has 7 heteroatoms. The van der Waals surface area contributed by atoms with Crippen LogP contribution in [0.5, 0.6) is 0 Å². The summed E-state index contributed by atoms with van der Waals surface area (Å²) >= 11 is 1.38. The van der Waals surface area contributed by atoms with Crippen molar-refractivity contribution in [1.82, 2.24) is 4.98 Å². The minimum atomic E-state index is -0.481. The van der Waals surface area contributed by atoms with Crippen LogP contribution in [-0.2, 0) is 9.53 Å². The van der Waals surface area contributed by atoms with Gasteiger partial charge in [0.15, 0.2) is 0 Å². The summed E-state index contributed by atoms with van der Waals surface area (Å²) in [6.07, 6.45) is 1.22. The Hall–Kier alpha value is -1.63. The van der Waals surface area contributed by atoms with Crippen molar-refractivity contribution in [3.8, 4) is 0 Å². The maximum Gasteiger partial charge on any atom is 0.309 e. The summed E-state index contributed by atoms with van der Waals surface area (Å²) in [5, 5.41) is 11.2. The van der Waals surface area contributed by atoms with Crippen molar-refractivity contribution in [2.24, 2.45) is 5.92 Å². The van der Waals surface area contributed by atoms with E-state index < -0.39 is 4.92 Å². The van der Waals surface area contributed by atoms with Gasteiger partial charge in [-0.15, -0.1) is 11.8 Å². The van der Waals surface area contributed by atoms with Gasteiger partial charge in [0.25, 0.3) is 5.69 Å². The van der Waals surface area contributed by atoms with E-state index in [0.717, 1.165) is 5.56 Å². The number of nitrogens with zero attached hydrogens (tertiary/aromatic N) is 2. The molecule has 0 aliphatic carbocycles. The SMILES string of the molecule is COC(=O)C(C)CSc1ncc([N+](=O)[O-])cc1C. The maximum absolute atomic E-state index is 11.2. The molecule has 0 aliphatic heterocycles. The van der Waals surface area contributed by atoms with Gasteiger partial charge in [0.05, 0.1) is 23.0 Å². The predicted molar refractivity (Wildman–Crippen MR) is 67.5 cm³/mol. The van der Waals surface area contributed by atoms with Gasteiger partial charge < -0.3 is 4.74 Å². The second-order valence-electron chi connectivity index (χ2n) is 3.81. The second-order valence-corrected chi connectivity index (χ2v) is 4.82. The number of nitro groups is 1. The Morgan fingerprint density at radius 3 is 2.83 bits per heavy atom. The van der Waals surface area contributed by atoms with Gasteiger partial charge in [-0.1, -0.05) is 6.92 Å². The van der Waals surface area contributed by atoms with Crippen LogP contribution in [0.1, 0.15) is 12.5 Å². The van der Waals surface area contributed by atoms with Crippen LogP contribution in [0, 0.1) is 23.0 Å². The van der Waals surface area contributed by atoms with E-state index in [1.54, 1.807) is 13.8 Å². The molecule has 1 atom stereocenters. The Balaban J connectivity index is 2.69. The number of thioether (sulfide) groups is 1. The molecule has 1 rings (SSSR count). The fraction of sp³-hybridized carbons (Fsp3) is 0.455. The lowest BCUT2D eigenvalue weighted by Gasteiger charge is -2.09. The molecule has 6 nitrogen and oxygen atoms in total. The van der Waals surface area contributed by atoms with Crippen molar-refractivity contribution in [2.75, 3.05) is 12.9 Å². The standard InChI is InChI=1S/C11H14N2O4S/c1-7-4-9(13(15)16)5-12-10(7)18-6-8(2)11(14)17-3/h4-5,8H,6H2,1-3H3. The van der Waals surface area contributed by atoms with Gasteiger partial charge in [0, 0.05) is 11.8 Å². The summed E-state index contributed by atoms with van der Waals surface area (Å²) in [5.41, 5.74) is 0.698. The molecule has 0 spiro atoms. The third-order valence-electron chi connectivity index (χ3n) is 2.30. The number of hydrogen-bond acceptors (Lipinski definition) is 6. The normalized spacial score (nSPS) is 11.9. The molecule has 0 amide bonds. The van der Waals surface area contributed by atoms with Crippen LogP contribution < -0.4 is 0 Å². The molecule has 0 saturated heterocycles. The summed E-state index contributed by atoms with van der Waals surface area (Å²) < 4.78 is 4.62. The zero-order valence-electron chi connectivity index (χ0n) is 10.4. The van der Waals surface area contributed by atoms with E-state index in [4.69, 9.17) is 0 Å². The van der Waals surface area contributed by atoms with Crippen LogP contribution in [0.3, 0.4) is 0 Å². The zero-order valence-corrected chi connectivity index (χ0v) is 11.2. The third kappa shape index (κ3) is 3.69. The molecule has 0 saturated carbocycles. The van der Waals surface area contributed by atoms with Gasteiger partial charge in [-0.3, -0.25) is 14.9 Å². The molecule has 1 aromatic rings. The Morgan fingerprint density at radius 2 is 2.33 bits per heavy atom. The highest BCUT2D eigenvalue weighted by atomic mass is 32.2. The number of rotatable bonds is 5. The summed E-state index contributed by atoms with van der Waals surface area (Å²) in [7, 11) is 1.35. The van der Waals surface area contributed by atoms with Crippen LogP contribution in [0.2, 0.25) is 0 Å². The number of aromatic nitrogens is 1. The van der Waals surface area contributed by atoms with Crippen molar-refractivity contribution in [3.05, 3.63) is 27.9 Å². The fourth-order valence-corrected chi connectivity index (χ4v) is 2.23. The molecule has 0 aromatic carbocycles. The number of esters is 1. The fourth-order valence-electron chi connectivity index (χ4n) is 1.27. The lowest BCUT2D eigenvalue weighted by molar-refractivity contribution is -0.385. The lowest BCUT2D eigenvalue weighted by atomic mass is 10.2. The highest BCUT2D eigenvalue weighted by Gasteiger charge is 2.15. The monoisotopic (exact) mass is 270 g/mol. The van der Waals surface area contributed by atoms with E-state index in [-0.39, 0.29) is 17.6 Å². The first-order chi connectivity index (χ1) is 8.45. The van der Waals surface area contributed by atoms with E-state index in [9.17, 15) is 14.9 Å². The van der Waals surface area contributed by atoms with Gasteiger partial charge in [-0.05, 0) is 12.5 Å². The number of ether oxygens (including phenoxy) is 1. The molecule has 0 bridgehead atoms. The van der Waals surface area contributed by atoms with Crippen LogP contribution in [0.15, 0.2) is 17.3 Å². The third-order valence-corrected chi connectivity index (χ3v) is 3.67. The molecule has 1 aromatic heterocycles. The Labute approximate surface area is 109 Å². The number of hydrogen-bond donors (Lipinski definition) is 0. The number of carbonyl (C=O) groups is 1. The summed E-state index contributed by atoms with van der Waals surface area (Å²) in [6, 6.07) is 1.47. The molecule has 0 fully saturated rings. The maximum atomic E-state index is 11.2. The number of aryl methyl sites for hydroxylation is 1. The van der Waals surface area contributed by atoms with Crippen LogP contribution in [0.4, 0.5) is 5.69 Å². The number of pyridine rings is 1. The Kier molecular flexibility index (Phi) is 5.08. The van der Waals surface area contributed by atoms with Gasteiger partial charge >= 0.3 is 5.97 Å². The summed E-state index contributed by atoms with van der Waals surface area (Å²) in [6.45, 7) is 3.52. The van der Waals surface area contributed by atoms with Crippen molar-refractivity contribution in [3.63, 3.8) is 0 Å². The van der Waals surface area contributed by atoms with Crippen LogP contribution >= 0.6 is 11.8 Å². The Morgan fingerprint density at radius 1 is 1.67 bits per heavy atom. The van der Waals surface area contributed by atoms with Crippen molar-refractivity contribution in [2.45, 2.75) is 18.9 Å². The molecular formula is C11H14N2O4S. The molecule has 0 aliphatic rings. The van der Waals surface area contributed by atoms with Crippen molar-refractivity contribution in [1.29, 1.82) is 0 Å². The smallest absolute Gasteiger partial charge is 0.309 e. The number of carbonyl (C=O) groups excluding carboxylic acids is 1. The topological polar surface area (TPSA) is 82.3 Å². The summed E-state index contributed by atoms with van der Waals surface area (Å²) in [4.78, 5) is 25.3. The number of methoxy groups -OCH3 is 1. The van der Waals surface area contributed by atoms with Crippen molar-refractivity contribution < 1.29 is 14.5 Å². The van der Waals surface area contributed by atoms with Crippen LogP contribution in [0.25, 0.3) is 0 Å². The molecule has 1 unspecified atom stereocenters. The molecule has 0 N–H and O–H groups in total. The van der Waals surface area contributed by atoms with Gasteiger partial charge in [-0.2, -0.15) is 0 Å². The first-order valence-corrected chi connectivity index (χ1v) is 6.26. The summed E-state index contributed by atoms with van der Waals surface area (Å²) in [5.74, 6) is 0.0108. The average Bonchev–Trinajstić information content (AvgIpc) is 2.35. The highest BCUT2D eigenvalue weighted by Crippen LogP contribution is 2.25. The van der Waals surface area contributed by atoms with E-state index in [2.05, 4.69) is 9.72 Å². The quantitative estimate of drug-likeness (QED) is 0.353. The van der Waals surface area contributed by atoms with E-state index >= 15 is 0 Å². The minimum Gasteiger partial charge on any atom is -0.469 e. The molecule has 98 valence electrons. The van der Waals surface area contributed by atoms with Gasteiger partial charge in [-0.25, -0.2) is 4.98 Å². The largest absolute Gasteiger partial charge is 0.469 e. The molecule has 1 heterocycles. The lowest BCUT2D eigenvalue weighted by Crippen LogP contribution is -2.14. The van der Waals surface area contributed by atoms with E-state index in [1.807, 2.05) is 0 Å². The molecular weight excluding hydrogens is 256 g/mol. The average molecular weight is 270 g/mol. The first-order valence-electron chi connectivity index (χ1n) is 5.27. The zero-order chi connectivity index (χ0) is 13.7. The van der Waals surface area contributed by atoms with E-state index in [0.29, 0.717) is 10.8 Å². The molecule has 18 heavy (non-hydrogen) atoms. The minimum absolute atomic E-state index is 0.0298. The predicted octanol–water partition coefficient (Wildman–Crippen LogP) is 2.20. The Bertz CT molecular complexity index is 464.